The van der Waals surface area contributed by atoms with E-state index in [1.807, 2.05) is 23.2 Å². The Hall–Kier alpha value is -3.27. The van der Waals surface area contributed by atoms with Gasteiger partial charge in [0.15, 0.2) is 0 Å². The molecule has 0 bridgehead atoms. The first kappa shape index (κ1) is 21.9. The van der Waals surface area contributed by atoms with Crippen LogP contribution in [0.5, 0.6) is 0 Å². The second-order valence-electron chi connectivity index (χ2n) is 8.60. The number of hydrogen-bond donors (Lipinski definition) is 1. The van der Waals surface area contributed by atoms with E-state index in [4.69, 9.17) is 15.6 Å². The predicted molar refractivity (Wildman–Crippen MR) is 124 cm³/mol. The van der Waals surface area contributed by atoms with E-state index in [-0.39, 0.29) is 11.8 Å². The van der Waals surface area contributed by atoms with Crippen LogP contribution >= 0.6 is 0 Å². The molecule has 3 heterocycles. The zero-order chi connectivity index (χ0) is 23.2. The molecule has 0 radical (unpaired) electrons. The van der Waals surface area contributed by atoms with Crippen LogP contribution < -0.4 is 5.73 Å². The summed E-state index contributed by atoms with van der Waals surface area (Å²) in [4.78, 5) is 0. The SMILES string of the molecule is CCn1nc(C)c(/C=C2\CCCC3=C2OC(N)=C(C#N)[C@@H]3c2c(C)nn(CC)c2C)c1C. The highest BCUT2D eigenvalue weighted by Gasteiger charge is 2.38. The zero-order valence-corrected chi connectivity index (χ0v) is 19.9. The highest BCUT2D eigenvalue weighted by atomic mass is 16.5. The molecule has 4 rings (SSSR count). The Labute approximate surface area is 189 Å². The minimum absolute atomic E-state index is 0.199. The smallest absolute Gasteiger partial charge is 0.205 e. The Morgan fingerprint density at radius 3 is 2.31 bits per heavy atom. The van der Waals surface area contributed by atoms with Gasteiger partial charge in [0.05, 0.1) is 17.3 Å². The summed E-state index contributed by atoms with van der Waals surface area (Å²) in [7, 11) is 0. The molecule has 0 spiro atoms. The minimum atomic E-state index is -0.215. The molecule has 7 heteroatoms. The lowest BCUT2D eigenvalue weighted by Gasteiger charge is -2.33. The van der Waals surface area contributed by atoms with Crippen molar-refractivity contribution >= 4 is 6.08 Å². The third-order valence-corrected chi connectivity index (χ3v) is 6.79. The summed E-state index contributed by atoms with van der Waals surface area (Å²) in [5.74, 6) is 0.807. The van der Waals surface area contributed by atoms with Crippen LogP contribution in [0.25, 0.3) is 6.08 Å². The van der Waals surface area contributed by atoms with Crippen molar-refractivity contribution in [3.63, 3.8) is 0 Å². The Morgan fingerprint density at radius 2 is 1.72 bits per heavy atom. The van der Waals surface area contributed by atoms with Gasteiger partial charge in [-0.3, -0.25) is 9.36 Å². The normalized spacial score (nSPS) is 19.9. The van der Waals surface area contributed by atoms with Crippen molar-refractivity contribution in [3.05, 3.63) is 62.3 Å². The molecule has 1 aliphatic carbocycles. The van der Waals surface area contributed by atoms with E-state index in [2.05, 4.69) is 44.9 Å². The molecule has 1 aliphatic heterocycles. The fourth-order valence-corrected chi connectivity index (χ4v) is 5.20. The van der Waals surface area contributed by atoms with Crippen molar-refractivity contribution < 1.29 is 4.74 Å². The highest BCUT2D eigenvalue weighted by Crippen LogP contribution is 2.48. The van der Waals surface area contributed by atoms with E-state index in [0.717, 1.165) is 83.2 Å². The molecule has 0 aromatic carbocycles. The van der Waals surface area contributed by atoms with Crippen LogP contribution in [-0.2, 0) is 17.8 Å². The summed E-state index contributed by atoms with van der Waals surface area (Å²) in [6, 6.07) is 2.34. The van der Waals surface area contributed by atoms with Crippen molar-refractivity contribution in [1.29, 1.82) is 5.26 Å². The number of nitrogens with zero attached hydrogens (tertiary/aromatic N) is 5. The van der Waals surface area contributed by atoms with E-state index in [1.165, 1.54) is 0 Å². The van der Waals surface area contributed by atoms with Gasteiger partial charge < -0.3 is 10.5 Å². The Balaban J connectivity index is 1.90. The van der Waals surface area contributed by atoms with Crippen LogP contribution in [-0.4, -0.2) is 19.6 Å². The first-order chi connectivity index (χ1) is 15.3. The number of ether oxygens (including phenoxy) is 1. The maximum Gasteiger partial charge on any atom is 0.205 e. The number of nitriles is 1. The van der Waals surface area contributed by atoms with Gasteiger partial charge in [0.1, 0.15) is 17.4 Å². The van der Waals surface area contributed by atoms with Crippen molar-refractivity contribution in [3.8, 4) is 6.07 Å². The van der Waals surface area contributed by atoms with Gasteiger partial charge in [-0.1, -0.05) is 0 Å². The lowest BCUT2D eigenvalue weighted by atomic mass is 9.76. The van der Waals surface area contributed by atoms with Gasteiger partial charge in [0.2, 0.25) is 5.88 Å². The zero-order valence-electron chi connectivity index (χ0n) is 19.9. The Kier molecular flexibility index (Phi) is 5.72. The lowest BCUT2D eigenvalue weighted by molar-refractivity contribution is 0.277. The predicted octanol–water partition coefficient (Wildman–Crippen LogP) is 4.68. The van der Waals surface area contributed by atoms with Gasteiger partial charge in [0, 0.05) is 35.6 Å². The summed E-state index contributed by atoms with van der Waals surface area (Å²) in [5.41, 5.74) is 15.5. The summed E-state index contributed by atoms with van der Waals surface area (Å²) in [6.07, 6.45) is 4.99. The molecular formula is C25H32N6O. The van der Waals surface area contributed by atoms with E-state index in [9.17, 15) is 5.26 Å². The Bertz CT molecular complexity index is 1210. The van der Waals surface area contributed by atoms with Crippen LogP contribution in [0.2, 0.25) is 0 Å². The molecule has 0 amide bonds. The number of nitrogens with two attached hydrogens (primary N) is 1. The maximum atomic E-state index is 9.99. The van der Waals surface area contributed by atoms with Gasteiger partial charge in [0.25, 0.3) is 0 Å². The van der Waals surface area contributed by atoms with Gasteiger partial charge in [-0.15, -0.1) is 0 Å². The molecule has 2 aromatic rings. The number of rotatable bonds is 4. The molecule has 2 aliphatic rings. The third-order valence-electron chi connectivity index (χ3n) is 6.79. The standard InChI is InChI=1S/C25H32N6O/c1-7-30-16(5)20(14(3)28-30)12-18-10-9-11-19-23(21(13-26)25(27)32-24(18)19)22-15(4)29-31(8-2)17(22)6/h12,23H,7-11,27H2,1-6H3/b18-12+/t23-/m1/s1. The molecule has 7 nitrogen and oxygen atoms in total. The van der Waals surface area contributed by atoms with Crippen molar-refractivity contribution in [2.45, 2.75) is 79.8 Å². The second kappa shape index (κ2) is 8.34. The first-order valence-electron chi connectivity index (χ1n) is 11.4. The van der Waals surface area contributed by atoms with E-state index in [1.54, 1.807) is 0 Å². The van der Waals surface area contributed by atoms with E-state index < -0.39 is 0 Å². The fourth-order valence-electron chi connectivity index (χ4n) is 5.20. The van der Waals surface area contributed by atoms with Crippen LogP contribution in [0.3, 0.4) is 0 Å². The van der Waals surface area contributed by atoms with Gasteiger partial charge >= 0.3 is 0 Å². The molecule has 1 atom stereocenters. The molecule has 0 saturated carbocycles. The number of hydrogen-bond acceptors (Lipinski definition) is 5. The second-order valence-corrected chi connectivity index (χ2v) is 8.60. The fraction of sp³-hybridized carbons (Fsp3) is 0.480. The number of aryl methyl sites for hydroxylation is 4. The summed E-state index contributed by atoms with van der Waals surface area (Å²) in [6.45, 7) is 14.0. The molecule has 0 saturated heterocycles. The average Bonchev–Trinajstić information content (AvgIpc) is 3.21. The molecule has 0 unspecified atom stereocenters. The molecule has 2 aromatic heterocycles. The molecule has 0 fully saturated rings. The van der Waals surface area contributed by atoms with Crippen LogP contribution in [0, 0.1) is 39.0 Å². The van der Waals surface area contributed by atoms with Crippen molar-refractivity contribution in [2.24, 2.45) is 5.73 Å². The number of aromatic nitrogens is 4. The number of allylic oxidation sites excluding steroid dienone is 3. The molecular weight excluding hydrogens is 400 g/mol. The van der Waals surface area contributed by atoms with Crippen molar-refractivity contribution in [2.75, 3.05) is 0 Å². The van der Waals surface area contributed by atoms with E-state index in [0.29, 0.717) is 5.57 Å². The van der Waals surface area contributed by atoms with Crippen LogP contribution in [0.4, 0.5) is 0 Å². The summed E-state index contributed by atoms with van der Waals surface area (Å²) >= 11 is 0. The van der Waals surface area contributed by atoms with Gasteiger partial charge in [-0.25, -0.2) is 0 Å². The van der Waals surface area contributed by atoms with Crippen LogP contribution in [0.15, 0.2) is 28.4 Å². The largest absolute Gasteiger partial charge is 0.440 e. The van der Waals surface area contributed by atoms with E-state index >= 15 is 0 Å². The monoisotopic (exact) mass is 432 g/mol. The van der Waals surface area contributed by atoms with Gasteiger partial charge in [-0.2, -0.15) is 15.5 Å². The molecule has 2 N–H and O–H groups in total. The van der Waals surface area contributed by atoms with Crippen molar-refractivity contribution in [1.82, 2.24) is 19.6 Å². The van der Waals surface area contributed by atoms with Gasteiger partial charge in [-0.05, 0) is 78.0 Å². The maximum absolute atomic E-state index is 9.99. The summed E-state index contributed by atoms with van der Waals surface area (Å²) in [5, 5.41) is 19.4. The Morgan fingerprint density at radius 1 is 1.06 bits per heavy atom. The lowest BCUT2D eigenvalue weighted by Crippen LogP contribution is -2.24. The highest BCUT2D eigenvalue weighted by molar-refractivity contribution is 5.65. The molecule has 168 valence electrons. The minimum Gasteiger partial charge on any atom is -0.440 e. The first-order valence-corrected chi connectivity index (χ1v) is 11.4. The third kappa shape index (κ3) is 3.35. The van der Waals surface area contributed by atoms with Crippen LogP contribution in [0.1, 0.15) is 72.9 Å². The quantitative estimate of drug-likeness (QED) is 0.757. The average molecular weight is 433 g/mol. The molecule has 32 heavy (non-hydrogen) atoms. The topological polar surface area (TPSA) is 94.7 Å². The summed E-state index contributed by atoms with van der Waals surface area (Å²) < 4.78 is 10.2.